The monoisotopic (exact) mass is 588 g/mol. The van der Waals surface area contributed by atoms with Gasteiger partial charge < -0.3 is 0 Å². The van der Waals surface area contributed by atoms with Gasteiger partial charge in [0.05, 0.1) is 5.75 Å². The van der Waals surface area contributed by atoms with Crippen molar-refractivity contribution in [3.8, 4) is 0 Å². The fraction of sp³-hybridized carbons (Fsp3) is 1.00. The lowest BCUT2D eigenvalue weighted by molar-refractivity contribution is 0.115. The minimum Gasteiger partial charge on any atom is -0.298 e. The molecule has 0 spiro atoms. The summed E-state index contributed by atoms with van der Waals surface area (Å²) >= 11 is 0. The Morgan fingerprint density at radius 2 is 0.825 bits per heavy atom. The van der Waals surface area contributed by atoms with Gasteiger partial charge >= 0.3 is 0 Å². The van der Waals surface area contributed by atoms with Crippen molar-refractivity contribution in [2.45, 2.75) is 207 Å². The third kappa shape index (κ3) is 25.6. The summed E-state index contributed by atoms with van der Waals surface area (Å²) in [4.78, 5) is 2.58. The first-order valence-electron chi connectivity index (χ1n) is 18.0. The van der Waals surface area contributed by atoms with E-state index in [0.29, 0.717) is 12.1 Å². The van der Waals surface area contributed by atoms with Gasteiger partial charge in [-0.05, 0) is 32.6 Å². The predicted octanol–water partition coefficient (Wildman–Crippen LogP) is 11.4. The summed E-state index contributed by atoms with van der Waals surface area (Å²) in [5.41, 5.74) is 0. The van der Waals surface area contributed by atoms with Crippen LogP contribution in [-0.2, 0) is 10.1 Å². The van der Waals surface area contributed by atoms with Crippen molar-refractivity contribution in [2.24, 2.45) is 5.92 Å². The summed E-state index contributed by atoms with van der Waals surface area (Å²) in [5.74, 6) is -0.120. The van der Waals surface area contributed by atoms with Gasteiger partial charge in [0.25, 0.3) is 10.1 Å². The van der Waals surface area contributed by atoms with Gasteiger partial charge in [0.2, 0.25) is 0 Å². The minimum atomic E-state index is -3.94. The maximum atomic E-state index is 11.6. The molecule has 242 valence electrons. The Hall–Kier alpha value is -0.130. The predicted molar refractivity (Wildman–Crippen MR) is 178 cm³/mol. The number of nitrogens with zero attached hydrogens (tertiary/aromatic N) is 1. The molecule has 3 unspecified atom stereocenters. The molecule has 5 heteroatoms. The third-order valence-electron chi connectivity index (χ3n) is 9.08. The van der Waals surface area contributed by atoms with E-state index in [1.807, 2.05) is 0 Å². The molecular formula is C35H73NO3S. The molecule has 0 saturated carbocycles. The zero-order valence-electron chi connectivity index (χ0n) is 27.9. The zero-order valence-corrected chi connectivity index (χ0v) is 28.8. The first-order valence-corrected chi connectivity index (χ1v) is 19.6. The van der Waals surface area contributed by atoms with Crippen LogP contribution in [-0.4, -0.2) is 42.3 Å². The summed E-state index contributed by atoms with van der Waals surface area (Å²) in [6, 6.07) is 0.911. The first kappa shape index (κ1) is 39.9. The smallest absolute Gasteiger partial charge is 0.265 e. The van der Waals surface area contributed by atoms with Gasteiger partial charge in [-0.1, -0.05) is 168 Å². The Kier molecular flexibility index (Phi) is 27.6. The summed E-state index contributed by atoms with van der Waals surface area (Å²) in [7, 11) is -3.94. The molecule has 0 rings (SSSR count). The van der Waals surface area contributed by atoms with Crippen molar-refractivity contribution in [2.75, 3.05) is 12.3 Å². The molecule has 0 aliphatic heterocycles. The highest BCUT2D eigenvalue weighted by Gasteiger charge is 2.25. The van der Waals surface area contributed by atoms with Crippen molar-refractivity contribution in [1.29, 1.82) is 0 Å². The largest absolute Gasteiger partial charge is 0.298 e. The average Bonchev–Trinajstić information content (AvgIpc) is 2.91. The van der Waals surface area contributed by atoms with Crippen LogP contribution in [0.4, 0.5) is 0 Å². The van der Waals surface area contributed by atoms with Crippen LogP contribution < -0.4 is 0 Å². The van der Waals surface area contributed by atoms with Crippen molar-refractivity contribution < 1.29 is 13.0 Å². The van der Waals surface area contributed by atoms with Crippen LogP contribution in [0.1, 0.15) is 195 Å². The van der Waals surface area contributed by atoms with E-state index >= 15 is 0 Å². The normalized spacial score (nSPS) is 14.6. The van der Waals surface area contributed by atoms with E-state index in [1.165, 1.54) is 154 Å². The Morgan fingerprint density at radius 1 is 0.525 bits per heavy atom. The van der Waals surface area contributed by atoms with E-state index in [9.17, 15) is 13.0 Å². The summed E-state index contributed by atoms with van der Waals surface area (Å²) in [5, 5.41) is 0. The van der Waals surface area contributed by atoms with Crippen LogP contribution >= 0.6 is 0 Å². The first-order chi connectivity index (χ1) is 19.2. The standard InChI is InChI=1S/C35H73NO3S/c1-6-9-11-13-15-17-19-21-23-25-27-29-33(4)36(31-35(8-3)32-40(37,38)39)34(5)30-28-26-24-22-20-18-16-14-12-10-7-2/h33-35H,6-32H2,1-5H3,(H,37,38,39). The molecule has 0 aromatic rings. The summed E-state index contributed by atoms with van der Waals surface area (Å²) in [6.07, 6.45) is 33.2. The Balaban J connectivity index is 4.42. The molecule has 0 amide bonds. The van der Waals surface area contributed by atoms with E-state index < -0.39 is 10.1 Å². The molecule has 1 N–H and O–H groups in total. The SMILES string of the molecule is CCCCCCCCCCCCCC(C)N(CC(CC)CS(=O)(=O)O)C(C)CCCCCCCCCCCCC. The summed E-state index contributed by atoms with van der Waals surface area (Å²) < 4.78 is 32.8. The highest BCUT2D eigenvalue weighted by atomic mass is 32.2. The van der Waals surface area contributed by atoms with Crippen molar-refractivity contribution in [3.05, 3.63) is 0 Å². The van der Waals surface area contributed by atoms with Crippen LogP contribution in [0.5, 0.6) is 0 Å². The van der Waals surface area contributed by atoms with E-state index in [1.54, 1.807) is 0 Å². The Bertz CT molecular complexity index is 592. The molecule has 0 aliphatic carbocycles. The third-order valence-corrected chi connectivity index (χ3v) is 9.97. The van der Waals surface area contributed by atoms with Crippen LogP contribution in [0.25, 0.3) is 0 Å². The van der Waals surface area contributed by atoms with Gasteiger partial charge in [-0.2, -0.15) is 8.42 Å². The molecule has 40 heavy (non-hydrogen) atoms. The van der Waals surface area contributed by atoms with E-state index in [2.05, 4.69) is 39.5 Å². The van der Waals surface area contributed by atoms with Crippen LogP contribution in [0.3, 0.4) is 0 Å². The lowest BCUT2D eigenvalue weighted by atomic mass is 9.98. The Labute approximate surface area is 253 Å². The second-order valence-corrected chi connectivity index (χ2v) is 14.6. The molecule has 3 atom stereocenters. The van der Waals surface area contributed by atoms with Gasteiger partial charge in [-0.15, -0.1) is 0 Å². The van der Waals surface area contributed by atoms with Gasteiger partial charge in [0.15, 0.2) is 0 Å². The van der Waals surface area contributed by atoms with Crippen LogP contribution in [0, 0.1) is 5.92 Å². The lowest BCUT2D eigenvalue weighted by Gasteiger charge is -2.37. The number of hydrogen-bond donors (Lipinski definition) is 1. The van der Waals surface area contributed by atoms with Crippen LogP contribution in [0.15, 0.2) is 0 Å². The molecule has 0 fully saturated rings. The van der Waals surface area contributed by atoms with E-state index in [4.69, 9.17) is 0 Å². The molecular weight excluding hydrogens is 514 g/mol. The van der Waals surface area contributed by atoms with Crippen molar-refractivity contribution in [1.82, 2.24) is 4.90 Å². The van der Waals surface area contributed by atoms with Gasteiger partial charge in [-0.25, -0.2) is 0 Å². The second kappa shape index (κ2) is 27.7. The van der Waals surface area contributed by atoms with Gasteiger partial charge in [-0.3, -0.25) is 9.45 Å². The van der Waals surface area contributed by atoms with Crippen LogP contribution in [0.2, 0.25) is 0 Å². The molecule has 0 bridgehead atoms. The highest BCUT2D eigenvalue weighted by molar-refractivity contribution is 7.85. The molecule has 0 heterocycles. The van der Waals surface area contributed by atoms with E-state index in [0.717, 1.165) is 13.0 Å². The number of unbranched alkanes of at least 4 members (excludes halogenated alkanes) is 20. The average molecular weight is 588 g/mol. The second-order valence-electron chi connectivity index (χ2n) is 13.1. The molecule has 4 nitrogen and oxygen atoms in total. The van der Waals surface area contributed by atoms with Crippen molar-refractivity contribution >= 4 is 10.1 Å². The highest BCUT2D eigenvalue weighted by Crippen LogP contribution is 2.22. The fourth-order valence-corrected chi connectivity index (χ4v) is 7.17. The van der Waals surface area contributed by atoms with E-state index in [-0.39, 0.29) is 11.7 Å². The topological polar surface area (TPSA) is 57.6 Å². The molecule has 0 radical (unpaired) electrons. The quantitative estimate of drug-likeness (QED) is 0.0647. The molecule has 0 saturated heterocycles. The van der Waals surface area contributed by atoms with Gasteiger partial charge in [0, 0.05) is 18.6 Å². The maximum Gasteiger partial charge on any atom is 0.265 e. The lowest BCUT2D eigenvalue weighted by Crippen LogP contribution is -2.44. The maximum absolute atomic E-state index is 11.6. The van der Waals surface area contributed by atoms with Crippen molar-refractivity contribution in [3.63, 3.8) is 0 Å². The molecule has 0 aromatic heterocycles. The van der Waals surface area contributed by atoms with Gasteiger partial charge in [0.1, 0.15) is 0 Å². The molecule has 0 aliphatic rings. The number of hydrogen-bond acceptors (Lipinski definition) is 3. The molecule has 0 aromatic carbocycles. The Morgan fingerprint density at radius 3 is 1.10 bits per heavy atom. The fourth-order valence-electron chi connectivity index (χ4n) is 6.23. The summed E-state index contributed by atoms with van der Waals surface area (Å²) in [6.45, 7) is 12.1. The number of rotatable bonds is 31. The zero-order chi connectivity index (χ0) is 29.9. The minimum absolute atomic E-state index is 0.00504.